The Morgan fingerprint density at radius 1 is 1.06 bits per heavy atom. The molecule has 17 heavy (non-hydrogen) atoms. The second-order valence-corrected chi connectivity index (χ2v) is 4.93. The topological polar surface area (TPSA) is 24.4 Å². The van der Waals surface area contributed by atoms with Gasteiger partial charge in [-0.05, 0) is 30.1 Å². The van der Waals surface area contributed by atoms with Crippen LogP contribution in [0.5, 0.6) is 0 Å². The molecule has 0 unspecified atom stereocenters. The minimum atomic E-state index is 0.733. The van der Waals surface area contributed by atoms with E-state index < -0.39 is 0 Å². The molecule has 0 atom stereocenters. The van der Waals surface area contributed by atoms with E-state index in [4.69, 9.17) is 11.6 Å². The fourth-order valence-electron chi connectivity index (χ4n) is 1.63. The summed E-state index contributed by atoms with van der Waals surface area (Å²) in [6, 6.07) is 15.8. The lowest BCUT2D eigenvalue weighted by molar-refractivity contribution is 1.28. The van der Waals surface area contributed by atoms with Gasteiger partial charge in [-0.1, -0.05) is 41.9 Å². The standard InChI is InChI=1S/C13H9ClN2S/c14-10-6-7-11-12(8-10)17-16-13(15-11)9-4-2-1-3-5-9/h1-8H,(H,15,16). The van der Waals surface area contributed by atoms with Crippen LogP contribution < -0.4 is 4.72 Å². The smallest absolute Gasteiger partial charge is 0.144 e. The number of benzene rings is 2. The second-order valence-electron chi connectivity index (χ2n) is 3.64. The third-order valence-corrected chi connectivity index (χ3v) is 3.54. The highest BCUT2D eigenvalue weighted by Gasteiger charge is 2.13. The van der Waals surface area contributed by atoms with Crippen LogP contribution in [0.1, 0.15) is 5.56 Å². The maximum Gasteiger partial charge on any atom is 0.144 e. The van der Waals surface area contributed by atoms with Crippen LogP contribution in [0.3, 0.4) is 0 Å². The zero-order valence-corrected chi connectivity index (χ0v) is 10.4. The van der Waals surface area contributed by atoms with Gasteiger partial charge in [0.15, 0.2) is 0 Å². The highest BCUT2D eigenvalue weighted by atomic mass is 35.5. The number of nitrogens with one attached hydrogen (secondary N) is 1. The Balaban J connectivity index is 2.03. The number of aliphatic imine (C=N–C) groups is 1. The van der Waals surface area contributed by atoms with Gasteiger partial charge in [0.2, 0.25) is 0 Å². The summed E-state index contributed by atoms with van der Waals surface area (Å²) in [6.07, 6.45) is 0. The van der Waals surface area contributed by atoms with Gasteiger partial charge in [-0.3, -0.25) is 0 Å². The Morgan fingerprint density at radius 3 is 2.71 bits per heavy atom. The summed E-state index contributed by atoms with van der Waals surface area (Å²) in [5.41, 5.74) is 2.04. The fraction of sp³-hybridized carbons (Fsp3) is 0. The summed E-state index contributed by atoms with van der Waals surface area (Å²) in [6.45, 7) is 0. The first kappa shape index (κ1) is 10.7. The predicted molar refractivity (Wildman–Crippen MR) is 73.1 cm³/mol. The lowest BCUT2D eigenvalue weighted by Gasteiger charge is -2.16. The van der Waals surface area contributed by atoms with E-state index in [0.29, 0.717) is 0 Å². The molecule has 2 aromatic carbocycles. The van der Waals surface area contributed by atoms with Crippen molar-refractivity contribution in [3.05, 3.63) is 59.1 Å². The molecule has 2 nitrogen and oxygen atoms in total. The van der Waals surface area contributed by atoms with E-state index in [2.05, 4.69) is 9.71 Å². The van der Waals surface area contributed by atoms with Crippen molar-refractivity contribution in [1.29, 1.82) is 0 Å². The number of rotatable bonds is 1. The van der Waals surface area contributed by atoms with E-state index in [1.807, 2.05) is 48.5 Å². The number of hydrogen-bond acceptors (Lipinski definition) is 3. The number of halogens is 1. The maximum absolute atomic E-state index is 5.94. The molecule has 1 aliphatic heterocycles. The molecule has 3 rings (SSSR count). The van der Waals surface area contributed by atoms with Gasteiger partial charge in [0.05, 0.1) is 10.6 Å². The molecule has 0 radical (unpaired) electrons. The summed E-state index contributed by atoms with van der Waals surface area (Å²) in [4.78, 5) is 5.64. The highest BCUT2D eigenvalue weighted by molar-refractivity contribution is 7.98. The number of nitrogens with zero attached hydrogens (tertiary/aromatic N) is 1. The average Bonchev–Trinajstić information content (AvgIpc) is 2.39. The van der Waals surface area contributed by atoms with E-state index in [-0.39, 0.29) is 0 Å². The molecule has 0 bridgehead atoms. The van der Waals surface area contributed by atoms with Gasteiger partial charge < -0.3 is 4.72 Å². The number of fused-ring (bicyclic) bond motifs is 1. The van der Waals surface area contributed by atoms with Gasteiger partial charge in [0.1, 0.15) is 5.84 Å². The summed E-state index contributed by atoms with van der Waals surface area (Å²) in [7, 11) is 0. The van der Waals surface area contributed by atoms with E-state index in [1.54, 1.807) is 11.9 Å². The van der Waals surface area contributed by atoms with Crippen LogP contribution in [0.25, 0.3) is 0 Å². The lowest BCUT2D eigenvalue weighted by Crippen LogP contribution is -2.19. The number of hydrogen-bond donors (Lipinski definition) is 1. The molecule has 1 N–H and O–H groups in total. The van der Waals surface area contributed by atoms with Crippen molar-refractivity contribution in [2.24, 2.45) is 4.99 Å². The quantitative estimate of drug-likeness (QED) is 0.783. The van der Waals surface area contributed by atoms with Crippen molar-refractivity contribution in [3.8, 4) is 0 Å². The van der Waals surface area contributed by atoms with Gasteiger partial charge in [-0.25, -0.2) is 4.99 Å². The van der Waals surface area contributed by atoms with Crippen molar-refractivity contribution < 1.29 is 0 Å². The predicted octanol–water partition coefficient (Wildman–Crippen LogP) is 4.03. The molecular formula is C13H9ClN2S. The molecular weight excluding hydrogens is 252 g/mol. The van der Waals surface area contributed by atoms with Crippen LogP contribution in [0.4, 0.5) is 5.69 Å². The summed E-state index contributed by atoms with van der Waals surface area (Å²) in [5, 5.41) is 0.733. The lowest BCUT2D eigenvalue weighted by atomic mass is 10.2. The third kappa shape index (κ3) is 2.16. The largest absolute Gasteiger partial charge is 0.310 e. The fourth-order valence-corrected chi connectivity index (χ4v) is 2.64. The minimum absolute atomic E-state index is 0.733. The Bertz CT molecular complexity index is 581. The van der Waals surface area contributed by atoms with Crippen LogP contribution >= 0.6 is 23.5 Å². The van der Waals surface area contributed by atoms with E-state index in [9.17, 15) is 0 Å². The van der Waals surface area contributed by atoms with Crippen LogP contribution in [-0.4, -0.2) is 5.84 Å². The minimum Gasteiger partial charge on any atom is -0.310 e. The maximum atomic E-state index is 5.94. The summed E-state index contributed by atoms with van der Waals surface area (Å²) >= 11 is 7.48. The van der Waals surface area contributed by atoms with E-state index >= 15 is 0 Å². The third-order valence-electron chi connectivity index (χ3n) is 2.46. The van der Waals surface area contributed by atoms with E-state index in [1.165, 1.54) is 0 Å². The summed E-state index contributed by atoms with van der Waals surface area (Å²) < 4.78 is 3.23. The zero-order chi connectivity index (χ0) is 11.7. The van der Waals surface area contributed by atoms with Gasteiger partial charge in [0.25, 0.3) is 0 Å². The Kier molecular flexibility index (Phi) is 2.79. The van der Waals surface area contributed by atoms with Gasteiger partial charge >= 0.3 is 0 Å². The molecule has 2 aromatic rings. The van der Waals surface area contributed by atoms with Crippen LogP contribution in [0.2, 0.25) is 5.02 Å². The Morgan fingerprint density at radius 2 is 1.88 bits per heavy atom. The first-order valence-corrected chi connectivity index (χ1v) is 6.39. The first-order chi connectivity index (χ1) is 8.33. The Hall–Kier alpha value is -1.45. The summed E-state index contributed by atoms with van der Waals surface area (Å²) in [5.74, 6) is 0.880. The van der Waals surface area contributed by atoms with Crippen molar-refractivity contribution in [3.63, 3.8) is 0 Å². The molecule has 0 saturated carbocycles. The Labute approximate surface area is 109 Å². The van der Waals surface area contributed by atoms with Crippen molar-refractivity contribution in [1.82, 2.24) is 4.72 Å². The molecule has 0 amide bonds. The van der Waals surface area contributed by atoms with Crippen LogP contribution in [0.15, 0.2) is 58.4 Å². The number of amidine groups is 1. The average molecular weight is 261 g/mol. The van der Waals surface area contributed by atoms with Crippen molar-refractivity contribution in [2.45, 2.75) is 4.90 Å². The highest BCUT2D eigenvalue weighted by Crippen LogP contribution is 2.34. The van der Waals surface area contributed by atoms with Crippen LogP contribution in [0, 0.1) is 0 Å². The SMILES string of the molecule is Clc1ccc2c(c1)SNC(c1ccccc1)=N2. The first-order valence-electron chi connectivity index (χ1n) is 5.19. The molecule has 0 fully saturated rings. The molecule has 0 saturated heterocycles. The molecule has 0 aromatic heterocycles. The molecule has 84 valence electrons. The monoisotopic (exact) mass is 260 g/mol. The molecule has 4 heteroatoms. The zero-order valence-electron chi connectivity index (χ0n) is 8.85. The van der Waals surface area contributed by atoms with E-state index in [0.717, 1.165) is 27.0 Å². The van der Waals surface area contributed by atoms with Crippen molar-refractivity contribution in [2.75, 3.05) is 0 Å². The van der Waals surface area contributed by atoms with Crippen LogP contribution in [-0.2, 0) is 0 Å². The molecule has 1 heterocycles. The van der Waals surface area contributed by atoms with Gasteiger partial charge in [-0.15, -0.1) is 0 Å². The van der Waals surface area contributed by atoms with Crippen molar-refractivity contribution >= 4 is 35.1 Å². The normalized spacial score (nSPS) is 13.6. The molecule has 0 aliphatic carbocycles. The molecule has 1 aliphatic rings. The second kappa shape index (κ2) is 4.43. The van der Waals surface area contributed by atoms with Gasteiger partial charge in [0, 0.05) is 10.6 Å². The van der Waals surface area contributed by atoms with Gasteiger partial charge in [-0.2, -0.15) is 0 Å². The molecule has 0 spiro atoms.